The number of benzene rings is 1. The molecule has 0 radical (unpaired) electrons. The maximum Gasteiger partial charge on any atom is 0.306 e. The fourth-order valence-corrected chi connectivity index (χ4v) is 1.92. The molecule has 16 heavy (non-hydrogen) atoms. The molecule has 0 saturated heterocycles. The lowest BCUT2D eigenvalue weighted by Gasteiger charge is -2.03. The fourth-order valence-electron chi connectivity index (χ4n) is 1.46. The summed E-state index contributed by atoms with van der Waals surface area (Å²) in [6.45, 7) is 2.29. The summed E-state index contributed by atoms with van der Waals surface area (Å²) in [5.74, 6) is -0.118. The van der Waals surface area contributed by atoms with Crippen molar-refractivity contribution in [2.24, 2.45) is 0 Å². The zero-order valence-corrected chi connectivity index (χ0v) is 11.1. The van der Waals surface area contributed by atoms with Gasteiger partial charge in [0.05, 0.1) is 6.61 Å². The highest BCUT2D eigenvalue weighted by Gasteiger charge is 2.02. The number of hydrogen-bond donors (Lipinski definition) is 0. The molecule has 0 aliphatic carbocycles. The van der Waals surface area contributed by atoms with Crippen LogP contribution in [0.4, 0.5) is 0 Å². The van der Waals surface area contributed by atoms with Gasteiger partial charge < -0.3 is 4.74 Å². The molecule has 88 valence electrons. The molecule has 0 bridgehead atoms. The molecule has 0 atom stereocenters. The van der Waals surface area contributed by atoms with Gasteiger partial charge in [0.25, 0.3) is 0 Å². The van der Waals surface area contributed by atoms with Crippen LogP contribution < -0.4 is 0 Å². The van der Waals surface area contributed by atoms with Gasteiger partial charge in [-0.05, 0) is 30.9 Å². The second-order valence-electron chi connectivity index (χ2n) is 3.56. The van der Waals surface area contributed by atoms with E-state index >= 15 is 0 Å². The second-order valence-corrected chi connectivity index (χ2v) is 4.35. The Morgan fingerprint density at radius 2 is 1.75 bits per heavy atom. The molecule has 0 heterocycles. The Balaban J connectivity index is 2.40. The molecule has 2 nitrogen and oxygen atoms in total. The first-order valence-electron chi connectivity index (χ1n) is 5.55. The minimum absolute atomic E-state index is 0.118. The van der Waals surface area contributed by atoms with E-state index in [4.69, 9.17) is 4.74 Å². The zero-order chi connectivity index (χ0) is 11.8. The van der Waals surface area contributed by atoms with Crippen molar-refractivity contribution in [3.05, 3.63) is 35.4 Å². The summed E-state index contributed by atoms with van der Waals surface area (Å²) in [4.78, 5) is 11.2. The van der Waals surface area contributed by atoms with Crippen LogP contribution in [-0.4, -0.2) is 17.9 Å². The van der Waals surface area contributed by atoms with Crippen LogP contribution in [0.5, 0.6) is 0 Å². The van der Waals surface area contributed by atoms with Crippen molar-refractivity contribution in [3.63, 3.8) is 0 Å². The van der Waals surface area contributed by atoms with Crippen molar-refractivity contribution >= 4 is 21.9 Å². The minimum atomic E-state index is -0.118. The molecule has 0 fully saturated rings. The number of hydrogen-bond acceptors (Lipinski definition) is 2. The van der Waals surface area contributed by atoms with E-state index in [2.05, 4.69) is 40.2 Å². The maximum atomic E-state index is 11.2. The summed E-state index contributed by atoms with van der Waals surface area (Å²) < 4.78 is 4.88. The standard InChI is InChI=1S/C13H17BrO2/c1-2-16-13(15)8-7-11-3-5-12(6-4-11)9-10-14/h3-6H,2,7-10H2,1H3. The van der Waals surface area contributed by atoms with E-state index in [1.807, 2.05) is 6.92 Å². The summed E-state index contributed by atoms with van der Waals surface area (Å²) in [7, 11) is 0. The van der Waals surface area contributed by atoms with Crippen molar-refractivity contribution in [1.82, 2.24) is 0 Å². The van der Waals surface area contributed by atoms with Crippen LogP contribution in [0.3, 0.4) is 0 Å². The number of alkyl halides is 1. The largest absolute Gasteiger partial charge is 0.466 e. The topological polar surface area (TPSA) is 26.3 Å². The summed E-state index contributed by atoms with van der Waals surface area (Å²) in [6.07, 6.45) is 2.26. The Bertz CT molecular complexity index is 319. The van der Waals surface area contributed by atoms with Gasteiger partial charge in [0.15, 0.2) is 0 Å². The van der Waals surface area contributed by atoms with Crippen LogP contribution in [0.2, 0.25) is 0 Å². The van der Waals surface area contributed by atoms with Gasteiger partial charge in [-0.3, -0.25) is 4.79 Å². The van der Waals surface area contributed by atoms with Crippen LogP contribution >= 0.6 is 15.9 Å². The highest BCUT2D eigenvalue weighted by Crippen LogP contribution is 2.08. The number of rotatable bonds is 6. The quantitative estimate of drug-likeness (QED) is 0.593. The highest BCUT2D eigenvalue weighted by molar-refractivity contribution is 9.09. The van der Waals surface area contributed by atoms with Gasteiger partial charge >= 0.3 is 5.97 Å². The third-order valence-electron chi connectivity index (χ3n) is 2.33. The number of aryl methyl sites for hydroxylation is 2. The number of esters is 1. The average molecular weight is 285 g/mol. The van der Waals surface area contributed by atoms with E-state index < -0.39 is 0 Å². The van der Waals surface area contributed by atoms with E-state index in [0.29, 0.717) is 13.0 Å². The van der Waals surface area contributed by atoms with Crippen LogP contribution in [0, 0.1) is 0 Å². The first-order valence-corrected chi connectivity index (χ1v) is 6.67. The smallest absolute Gasteiger partial charge is 0.306 e. The molecule has 1 aromatic rings. The van der Waals surface area contributed by atoms with Crippen molar-refractivity contribution in [2.45, 2.75) is 26.2 Å². The van der Waals surface area contributed by atoms with Crippen molar-refractivity contribution in [2.75, 3.05) is 11.9 Å². The maximum absolute atomic E-state index is 11.2. The molecule has 3 heteroatoms. The molecular formula is C13H17BrO2. The molecule has 0 spiro atoms. The first-order chi connectivity index (χ1) is 7.76. The predicted molar refractivity (Wildman–Crippen MR) is 68.9 cm³/mol. The third kappa shape index (κ3) is 4.79. The van der Waals surface area contributed by atoms with E-state index in [9.17, 15) is 4.79 Å². The Hall–Kier alpha value is -0.830. The Kier molecular flexibility index (Phi) is 6.16. The number of carbonyl (C=O) groups is 1. The van der Waals surface area contributed by atoms with Gasteiger partial charge in [-0.25, -0.2) is 0 Å². The molecular weight excluding hydrogens is 268 g/mol. The van der Waals surface area contributed by atoms with Gasteiger partial charge in [0, 0.05) is 11.8 Å². The SMILES string of the molecule is CCOC(=O)CCc1ccc(CCBr)cc1. The van der Waals surface area contributed by atoms with E-state index in [0.717, 1.165) is 18.2 Å². The molecule has 0 aliphatic heterocycles. The number of halogens is 1. The van der Waals surface area contributed by atoms with Crippen LogP contribution in [0.1, 0.15) is 24.5 Å². The first kappa shape index (κ1) is 13.2. The molecule has 1 aromatic carbocycles. The number of ether oxygens (including phenoxy) is 1. The third-order valence-corrected chi connectivity index (χ3v) is 2.73. The molecule has 0 amide bonds. The molecule has 1 rings (SSSR count). The normalized spacial score (nSPS) is 10.1. The minimum Gasteiger partial charge on any atom is -0.466 e. The number of carbonyl (C=O) groups excluding carboxylic acids is 1. The fraction of sp³-hybridized carbons (Fsp3) is 0.462. The molecule has 0 N–H and O–H groups in total. The molecule has 0 unspecified atom stereocenters. The summed E-state index contributed by atoms with van der Waals surface area (Å²) in [5.41, 5.74) is 2.50. The molecule has 0 saturated carbocycles. The molecule has 0 aliphatic rings. The summed E-state index contributed by atoms with van der Waals surface area (Å²) in [5, 5.41) is 0.981. The van der Waals surface area contributed by atoms with E-state index in [-0.39, 0.29) is 5.97 Å². The highest BCUT2D eigenvalue weighted by atomic mass is 79.9. The van der Waals surface area contributed by atoms with Gasteiger partial charge in [0.1, 0.15) is 0 Å². The monoisotopic (exact) mass is 284 g/mol. The van der Waals surface area contributed by atoms with Gasteiger partial charge in [-0.1, -0.05) is 40.2 Å². The lowest BCUT2D eigenvalue weighted by molar-refractivity contribution is -0.143. The second kappa shape index (κ2) is 7.44. The Morgan fingerprint density at radius 3 is 2.25 bits per heavy atom. The van der Waals surface area contributed by atoms with Crippen LogP contribution in [-0.2, 0) is 22.4 Å². The van der Waals surface area contributed by atoms with Crippen molar-refractivity contribution in [3.8, 4) is 0 Å². The lowest BCUT2D eigenvalue weighted by Crippen LogP contribution is -2.05. The molecule has 0 aromatic heterocycles. The predicted octanol–water partition coefficient (Wildman–Crippen LogP) is 3.12. The van der Waals surface area contributed by atoms with Crippen molar-refractivity contribution < 1.29 is 9.53 Å². The van der Waals surface area contributed by atoms with Gasteiger partial charge in [-0.15, -0.1) is 0 Å². The van der Waals surface area contributed by atoms with E-state index in [1.165, 1.54) is 11.1 Å². The lowest BCUT2D eigenvalue weighted by atomic mass is 10.1. The van der Waals surface area contributed by atoms with Crippen molar-refractivity contribution in [1.29, 1.82) is 0 Å². The summed E-state index contributed by atoms with van der Waals surface area (Å²) >= 11 is 3.41. The van der Waals surface area contributed by atoms with Gasteiger partial charge in [0.2, 0.25) is 0 Å². The average Bonchev–Trinajstić information content (AvgIpc) is 2.29. The zero-order valence-electron chi connectivity index (χ0n) is 9.54. The van der Waals surface area contributed by atoms with E-state index in [1.54, 1.807) is 0 Å². The Labute approximate surface area is 105 Å². The Morgan fingerprint density at radius 1 is 1.19 bits per heavy atom. The van der Waals surface area contributed by atoms with Crippen LogP contribution in [0.15, 0.2) is 24.3 Å². The van der Waals surface area contributed by atoms with Gasteiger partial charge in [-0.2, -0.15) is 0 Å². The summed E-state index contributed by atoms with van der Waals surface area (Å²) in [6, 6.07) is 8.39. The van der Waals surface area contributed by atoms with Crippen LogP contribution in [0.25, 0.3) is 0 Å².